The molecule has 0 unspecified atom stereocenters. The lowest BCUT2D eigenvalue weighted by Crippen LogP contribution is -2.20. The molecular weight excluding hydrogens is 310 g/mol. The van der Waals surface area contributed by atoms with E-state index in [0.29, 0.717) is 5.71 Å². The zero-order valence-electron chi connectivity index (χ0n) is 13.8. The molecule has 1 heterocycles. The molecule has 1 N–H and O–H groups in total. The predicted molar refractivity (Wildman–Crippen MR) is 101 cm³/mol. The van der Waals surface area contributed by atoms with E-state index in [-0.39, 0.29) is 5.91 Å². The first-order chi connectivity index (χ1) is 12.2. The molecule has 4 nitrogen and oxygen atoms in total. The average molecular weight is 327 g/mol. The third kappa shape index (κ3) is 2.78. The van der Waals surface area contributed by atoms with Gasteiger partial charge in [-0.15, -0.1) is 0 Å². The molecule has 1 amide bonds. The second kappa shape index (κ2) is 6.24. The molecule has 0 spiro atoms. The number of nitrogens with zero attached hydrogens (tertiary/aromatic N) is 2. The van der Waals surface area contributed by atoms with Crippen LogP contribution in [0.3, 0.4) is 0 Å². The summed E-state index contributed by atoms with van der Waals surface area (Å²) in [5.41, 5.74) is 4.92. The third-order valence-corrected chi connectivity index (χ3v) is 4.18. The Morgan fingerprint density at radius 2 is 1.40 bits per heavy atom. The number of carbonyl (C=O) groups excluding carboxylic acids is 1. The highest BCUT2D eigenvalue weighted by Gasteiger charge is 2.28. The molecule has 4 heteroatoms. The number of benzene rings is 3. The van der Waals surface area contributed by atoms with Crippen molar-refractivity contribution in [2.24, 2.45) is 5.10 Å². The Bertz CT molecular complexity index is 910. The summed E-state index contributed by atoms with van der Waals surface area (Å²) in [5, 5.41) is 9.44. The molecule has 0 saturated carbocycles. The quantitative estimate of drug-likeness (QED) is 0.720. The fraction of sp³-hybridized carbons (Fsp3) is 0.0476. The van der Waals surface area contributed by atoms with Crippen LogP contribution in [0.5, 0.6) is 0 Å². The lowest BCUT2D eigenvalue weighted by molar-refractivity contribution is -0.110. The number of carbonyl (C=O) groups is 1. The second-order valence-corrected chi connectivity index (χ2v) is 5.88. The van der Waals surface area contributed by atoms with Crippen LogP contribution >= 0.6 is 0 Å². The van der Waals surface area contributed by atoms with E-state index in [9.17, 15) is 4.79 Å². The van der Waals surface area contributed by atoms with E-state index in [4.69, 9.17) is 5.10 Å². The van der Waals surface area contributed by atoms with Gasteiger partial charge in [0, 0.05) is 5.56 Å². The normalized spacial score (nSPS) is 14.3. The van der Waals surface area contributed by atoms with Gasteiger partial charge in [0.2, 0.25) is 0 Å². The number of anilines is 3. The fourth-order valence-electron chi connectivity index (χ4n) is 2.93. The minimum Gasteiger partial charge on any atom is -0.320 e. The first-order valence-electron chi connectivity index (χ1n) is 8.14. The Hall–Kier alpha value is -3.40. The molecule has 3 aromatic rings. The molecule has 0 radical (unpaired) electrons. The number of hydrogen-bond acceptors (Lipinski definition) is 3. The van der Waals surface area contributed by atoms with E-state index in [2.05, 4.69) is 5.32 Å². The van der Waals surface area contributed by atoms with Gasteiger partial charge in [0.15, 0.2) is 5.71 Å². The SMILES string of the molecule is Cc1cccc2c1NC(=O)/C2=N\N(c1ccccc1)c1ccccc1. The molecule has 122 valence electrons. The molecule has 0 fully saturated rings. The lowest BCUT2D eigenvalue weighted by atomic mass is 10.1. The molecule has 0 atom stereocenters. The maximum Gasteiger partial charge on any atom is 0.276 e. The molecule has 0 saturated heterocycles. The van der Waals surface area contributed by atoms with Gasteiger partial charge in [-0.05, 0) is 36.8 Å². The van der Waals surface area contributed by atoms with E-state index in [1.807, 2.05) is 85.8 Å². The van der Waals surface area contributed by atoms with Crippen LogP contribution in [0.4, 0.5) is 17.1 Å². The van der Waals surface area contributed by atoms with Crippen molar-refractivity contribution in [2.45, 2.75) is 6.92 Å². The molecule has 0 aliphatic carbocycles. The minimum atomic E-state index is -0.179. The summed E-state index contributed by atoms with van der Waals surface area (Å²) in [7, 11) is 0. The number of amides is 1. The van der Waals surface area contributed by atoms with Gasteiger partial charge in [-0.2, -0.15) is 5.10 Å². The van der Waals surface area contributed by atoms with Crippen molar-refractivity contribution in [3.63, 3.8) is 0 Å². The van der Waals surface area contributed by atoms with Crippen molar-refractivity contribution in [1.82, 2.24) is 0 Å². The summed E-state index contributed by atoms with van der Waals surface area (Å²) in [6.07, 6.45) is 0. The van der Waals surface area contributed by atoms with Crippen LogP contribution in [0.1, 0.15) is 11.1 Å². The first-order valence-corrected chi connectivity index (χ1v) is 8.14. The van der Waals surface area contributed by atoms with Crippen LogP contribution in [-0.4, -0.2) is 11.6 Å². The van der Waals surface area contributed by atoms with Gasteiger partial charge in [-0.25, -0.2) is 5.01 Å². The number of hydrogen-bond donors (Lipinski definition) is 1. The standard InChI is InChI=1S/C21H17N3O/c1-15-9-8-14-18-19(15)22-21(25)20(18)23-24(16-10-4-2-5-11-16)17-12-6-3-7-13-17/h2-14H,1H3,(H,22,23,25). The van der Waals surface area contributed by atoms with E-state index in [1.165, 1.54) is 0 Å². The topological polar surface area (TPSA) is 44.7 Å². The van der Waals surface area contributed by atoms with Crippen molar-refractivity contribution in [3.05, 3.63) is 90.0 Å². The van der Waals surface area contributed by atoms with Crippen molar-refractivity contribution in [3.8, 4) is 0 Å². The fourth-order valence-corrected chi connectivity index (χ4v) is 2.93. The van der Waals surface area contributed by atoms with Crippen molar-refractivity contribution < 1.29 is 4.79 Å². The Balaban J connectivity index is 1.86. The Labute approximate surface area is 146 Å². The van der Waals surface area contributed by atoms with Crippen molar-refractivity contribution in [1.29, 1.82) is 0 Å². The highest BCUT2D eigenvalue weighted by atomic mass is 16.2. The smallest absolute Gasteiger partial charge is 0.276 e. The number of nitrogens with one attached hydrogen (secondary N) is 1. The van der Waals surface area contributed by atoms with Gasteiger partial charge in [0.1, 0.15) is 0 Å². The Morgan fingerprint density at radius 1 is 0.800 bits per heavy atom. The van der Waals surface area contributed by atoms with Crippen LogP contribution in [0.15, 0.2) is 84.0 Å². The molecule has 0 aromatic heterocycles. The van der Waals surface area contributed by atoms with Crippen LogP contribution in [-0.2, 0) is 4.79 Å². The molecular formula is C21H17N3O. The summed E-state index contributed by atoms with van der Waals surface area (Å²) in [6, 6.07) is 25.5. The van der Waals surface area contributed by atoms with E-state index in [0.717, 1.165) is 28.2 Å². The van der Waals surface area contributed by atoms with Crippen LogP contribution in [0.2, 0.25) is 0 Å². The highest BCUT2D eigenvalue weighted by Crippen LogP contribution is 2.30. The van der Waals surface area contributed by atoms with Gasteiger partial charge in [0.25, 0.3) is 5.91 Å². The summed E-state index contributed by atoms with van der Waals surface area (Å²) >= 11 is 0. The maximum atomic E-state index is 12.5. The number of fused-ring (bicyclic) bond motifs is 1. The second-order valence-electron chi connectivity index (χ2n) is 5.88. The van der Waals surface area contributed by atoms with Gasteiger partial charge in [-0.3, -0.25) is 4.79 Å². The van der Waals surface area contributed by atoms with E-state index >= 15 is 0 Å². The van der Waals surface area contributed by atoms with Crippen molar-refractivity contribution >= 4 is 28.7 Å². The Kier molecular flexibility index (Phi) is 3.78. The highest BCUT2D eigenvalue weighted by molar-refractivity contribution is 6.54. The van der Waals surface area contributed by atoms with Gasteiger partial charge in [-0.1, -0.05) is 54.6 Å². The number of aryl methyl sites for hydroxylation is 1. The summed E-state index contributed by atoms with van der Waals surface area (Å²) < 4.78 is 0. The number of rotatable bonds is 3. The van der Waals surface area contributed by atoms with Gasteiger partial charge in [0.05, 0.1) is 17.1 Å². The molecule has 3 aromatic carbocycles. The predicted octanol–water partition coefficient (Wildman–Crippen LogP) is 4.49. The molecule has 1 aliphatic heterocycles. The molecule has 1 aliphatic rings. The summed E-state index contributed by atoms with van der Waals surface area (Å²) in [5.74, 6) is -0.179. The molecule has 0 bridgehead atoms. The largest absolute Gasteiger partial charge is 0.320 e. The lowest BCUT2D eigenvalue weighted by Gasteiger charge is -2.20. The van der Waals surface area contributed by atoms with E-state index < -0.39 is 0 Å². The van der Waals surface area contributed by atoms with Crippen molar-refractivity contribution in [2.75, 3.05) is 10.3 Å². The number of hydrazone groups is 1. The summed E-state index contributed by atoms with van der Waals surface area (Å²) in [6.45, 7) is 1.98. The van der Waals surface area contributed by atoms with Gasteiger partial charge >= 0.3 is 0 Å². The third-order valence-electron chi connectivity index (χ3n) is 4.18. The molecule has 25 heavy (non-hydrogen) atoms. The zero-order chi connectivity index (χ0) is 17.2. The summed E-state index contributed by atoms with van der Waals surface area (Å²) in [4.78, 5) is 12.5. The van der Waals surface area contributed by atoms with Crippen LogP contribution < -0.4 is 10.3 Å². The van der Waals surface area contributed by atoms with Crippen LogP contribution in [0, 0.1) is 6.92 Å². The molecule has 4 rings (SSSR count). The zero-order valence-corrected chi connectivity index (χ0v) is 13.8. The Morgan fingerprint density at radius 3 is 2.00 bits per heavy atom. The minimum absolute atomic E-state index is 0.179. The number of para-hydroxylation sites is 3. The van der Waals surface area contributed by atoms with Crippen LogP contribution in [0.25, 0.3) is 0 Å². The first kappa shape index (κ1) is 15.1. The average Bonchev–Trinajstić information content (AvgIpc) is 2.98. The maximum absolute atomic E-state index is 12.5. The monoisotopic (exact) mass is 327 g/mol. The van der Waals surface area contributed by atoms with Gasteiger partial charge < -0.3 is 5.32 Å². The van der Waals surface area contributed by atoms with E-state index in [1.54, 1.807) is 5.01 Å².